The number of fused-ring (bicyclic) bond motifs is 3. The van der Waals surface area contributed by atoms with Crippen molar-refractivity contribution in [3.8, 4) is 0 Å². The van der Waals surface area contributed by atoms with E-state index in [2.05, 4.69) is 10.2 Å². The summed E-state index contributed by atoms with van der Waals surface area (Å²) in [4.78, 5) is 13.9. The van der Waals surface area contributed by atoms with Crippen molar-refractivity contribution in [2.45, 2.75) is 6.04 Å². The van der Waals surface area contributed by atoms with Gasteiger partial charge in [0.25, 0.3) is 0 Å². The number of ether oxygens (including phenoxy) is 1. The highest BCUT2D eigenvalue weighted by Gasteiger charge is 2.35. The van der Waals surface area contributed by atoms with Crippen molar-refractivity contribution in [3.63, 3.8) is 0 Å². The monoisotopic (exact) mass is 238 g/mol. The predicted octanol–water partition coefficient (Wildman–Crippen LogP) is 1.50. The third kappa shape index (κ3) is 1.45. The van der Waals surface area contributed by atoms with Gasteiger partial charge in [0.1, 0.15) is 6.04 Å². The molecular weight excluding hydrogens is 228 g/mol. The van der Waals surface area contributed by atoms with Gasteiger partial charge in [-0.3, -0.25) is 4.79 Å². The lowest BCUT2D eigenvalue weighted by atomic mass is 10.1. The maximum Gasteiger partial charge on any atom is 0.249 e. The standard InChI is InChI=1S/C11H11ClN2O2/c12-7-1-2-9-8(5-7)13-11(15)10-6-16-4-3-14(9)10/h1-2,5,10H,3-4,6H2,(H,13,15). The van der Waals surface area contributed by atoms with Crippen molar-refractivity contribution in [2.24, 2.45) is 0 Å². The van der Waals surface area contributed by atoms with Gasteiger partial charge in [0.2, 0.25) is 5.91 Å². The summed E-state index contributed by atoms with van der Waals surface area (Å²) >= 11 is 5.91. The average Bonchev–Trinajstić information content (AvgIpc) is 2.29. The Labute approximate surface area is 98.1 Å². The molecule has 0 bridgehead atoms. The number of carbonyl (C=O) groups is 1. The third-order valence-corrected chi connectivity index (χ3v) is 3.19. The van der Waals surface area contributed by atoms with E-state index in [1.807, 2.05) is 12.1 Å². The van der Waals surface area contributed by atoms with Crippen LogP contribution in [0, 0.1) is 0 Å². The molecule has 1 amide bonds. The molecule has 3 rings (SSSR count). The summed E-state index contributed by atoms with van der Waals surface area (Å²) in [6.07, 6.45) is 0. The summed E-state index contributed by atoms with van der Waals surface area (Å²) in [5, 5.41) is 3.49. The van der Waals surface area contributed by atoms with Gasteiger partial charge in [-0.25, -0.2) is 0 Å². The summed E-state index contributed by atoms with van der Waals surface area (Å²) in [5.74, 6) is -0.0190. The highest BCUT2D eigenvalue weighted by Crippen LogP contribution is 2.34. The second-order valence-corrected chi connectivity index (χ2v) is 4.37. The number of hydrogen-bond donors (Lipinski definition) is 1. The molecule has 2 aliphatic heterocycles. The average molecular weight is 239 g/mol. The van der Waals surface area contributed by atoms with Gasteiger partial charge in [0.15, 0.2) is 0 Å². The molecule has 0 radical (unpaired) electrons. The number of morpholine rings is 1. The van der Waals surface area contributed by atoms with Crippen LogP contribution in [0.1, 0.15) is 0 Å². The van der Waals surface area contributed by atoms with Crippen LogP contribution >= 0.6 is 11.6 Å². The summed E-state index contributed by atoms with van der Waals surface area (Å²) in [5.41, 5.74) is 1.81. The number of amides is 1. The first-order valence-corrected chi connectivity index (χ1v) is 5.58. The van der Waals surface area contributed by atoms with E-state index in [0.717, 1.165) is 17.9 Å². The highest BCUT2D eigenvalue weighted by atomic mass is 35.5. The largest absolute Gasteiger partial charge is 0.377 e. The van der Waals surface area contributed by atoms with Crippen molar-refractivity contribution in [3.05, 3.63) is 23.2 Å². The molecule has 0 saturated carbocycles. The van der Waals surface area contributed by atoms with Crippen LogP contribution < -0.4 is 10.2 Å². The molecule has 0 spiro atoms. The fraction of sp³-hybridized carbons (Fsp3) is 0.364. The van der Waals surface area contributed by atoms with Crippen LogP contribution in [0.3, 0.4) is 0 Å². The van der Waals surface area contributed by atoms with Gasteiger partial charge in [-0.2, -0.15) is 0 Å². The van der Waals surface area contributed by atoms with E-state index in [4.69, 9.17) is 16.3 Å². The maximum absolute atomic E-state index is 11.8. The van der Waals surface area contributed by atoms with Gasteiger partial charge in [-0.1, -0.05) is 11.6 Å². The van der Waals surface area contributed by atoms with E-state index in [0.29, 0.717) is 18.2 Å². The van der Waals surface area contributed by atoms with Gasteiger partial charge < -0.3 is 15.0 Å². The second-order valence-electron chi connectivity index (χ2n) is 3.93. The van der Waals surface area contributed by atoms with Crippen molar-refractivity contribution in [1.29, 1.82) is 0 Å². The topological polar surface area (TPSA) is 41.6 Å². The van der Waals surface area contributed by atoms with E-state index in [9.17, 15) is 4.79 Å². The molecule has 0 aromatic heterocycles. The minimum absolute atomic E-state index is 0.0190. The summed E-state index contributed by atoms with van der Waals surface area (Å²) in [6.45, 7) is 1.85. The first kappa shape index (κ1) is 9.93. The van der Waals surface area contributed by atoms with Gasteiger partial charge >= 0.3 is 0 Å². The van der Waals surface area contributed by atoms with Crippen LogP contribution in [0.15, 0.2) is 18.2 Å². The fourth-order valence-electron chi connectivity index (χ4n) is 2.18. The molecule has 2 heterocycles. The Morgan fingerprint density at radius 2 is 2.38 bits per heavy atom. The summed E-state index contributed by atoms with van der Waals surface area (Å²) < 4.78 is 5.32. The minimum Gasteiger partial charge on any atom is -0.377 e. The lowest BCUT2D eigenvalue weighted by molar-refractivity contribution is -0.119. The van der Waals surface area contributed by atoms with E-state index in [1.54, 1.807) is 6.07 Å². The fourth-order valence-corrected chi connectivity index (χ4v) is 2.36. The van der Waals surface area contributed by atoms with Crippen LogP contribution in [0.2, 0.25) is 5.02 Å². The third-order valence-electron chi connectivity index (χ3n) is 2.96. The van der Waals surface area contributed by atoms with Gasteiger partial charge in [0.05, 0.1) is 24.6 Å². The number of benzene rings is 1. The number of anilines is 2. The Hall–Kier alpha value is -1.26. The first-order valence-electron chi connectivity index (χ1n) is 5.20. The number of nitrogens with one attached hydrogen (secondary N) is 1. The van der Waals surface area contributed by atoms with Crippen LogP contribution in [0.4, 0.5) is 11.4 Å². The van der Waals surface area contributed by atoms with Crippen molar-refractivity contribution in [2.75, 3.05) is 30.0 Å². The molecule has 1 unspecified atom stereocenters. The molecule has 1 aromatic carbocycles. The molecule has 84 valence electrons. The Bertz CT molecular complexity index is 450. The Morgan fingerprint density at radius 3 is 3.25 bits per heavy atom. The molecule has 1 fully saturated rings. The zero-order valence-corrected chi connectivity index (χ0v) is 9.33. The lowest BCUT2D eigenvalue weighted by Gasteiger charge is -2.40. The molecule has 1 aromatic rings. The van der Waals surface area contributed by atoms with E-state index in [-0.39, 0.29) is 11.9 Å². The molecule has 1 N–H and O–H groups in total. The smallest absolute Gasteiger partial charge is 0.249 e. The molecule has 5 heteroatoms. The summed E-state index contributed by atoms with van der Waals surface area (Å²) in [6, 6.07) is 5.35. The number of carbonyl (C=O) groups excluding carboxylic acids is 1. The molecule has 16 heavy (non-hydrogen) atoms. The van der Waals surface area contributed by atoms with Crippen LogP contribution in [0.5, 0.6) is 0 Å². The van der Waals surface area contributed by atoms with E-state index < -0.39 is 0 Å². The van der Waals surface area contributed by atoms with E-state index in [1.165, 1.54) is 0 Å². The highest BCUT2D eigenvalue weighted by molar-refractivity contribution is 6.31. The van der Waals surface area contributed by atoms with Crippen LogP contribution in [-0.2, 0) is 9.53 Å². The van der Waals surface area contributed by atoms with Crippen LogP contribution in [-0.4, -0.2) is 31.7 Å². The predicted molar refractivity (Wildman–Crippen MR) is 62.0 cm³/mol. The number of halogens is 1. The molecule has 4 nitrogen and oxygen atoms in total. The van der Waals surface area contributed by atoms with Gasteiger partial charge in [-0.15, -0.1) is 0 Å². The van der Waals surface area contributed by atoms with Gasteiger partial charge in [-0.05, 0) is 18.2 Å². The molecule has 1 saturated heterocycles. The van der Waals surface area contributed by atoms with Crippen molar-refractivity contribution >= 4 is 28.9 Å². The maximum atomic E-state index is 11.8. The quantitative estimate of drug-likeness (QED) is 0.745. The summed E-state index contributed by atoms with van der Waals surface area (Å²) in [7, 11) is 0. The number of nitrogens with zero attached hydrogens (tertiary/aromatic N) is 1. The van der Waals surface area contributed by atoms with Crippen molar-refractivity contribution in [1.82, 2.24) is 0 Å². The second kappa shape index (κ2) is 3.64. The zero-order valence-electron chi connectivity index (χ0n) is 8.57. The van der Waals surface area contributed by atoms with Crippen LogP contribution in [0.25, 0.3) is 0 Å². The normalized spacial score (nSPS) is 23.4. The molecular formula is C11H11ClN2O2. The SMILES string of the molecule is O=C1Nc2cc(Cl)ccc2N2CCOCC12. The Balaban J connectivity index is 2.06. The minimum atomic E-state index is -0.206. The molecule has 2 aliphatic rings. The Kier molecular flexibility index (Phi) is 2.26. The van der Waals surface area contributed by atoms with E-state index >= 15 is 0 Å². The Morgan fingerprint density at radius 1 is 1.50 bits per heavy atom. The molecule has 1 atom stereocenters. The van der Waals surface area contributed by atoms with Gasteiger partial charge in [0, 0.05) is 11.6 Å². The molecule has 0 aliphatic carbocycles. The zero-order chi connectivity index (χ0) is 11.1. The lowest BCUT2D eigenvalue weighted by Crippen LogP contribution is -2.54. The number of rotatable bonds is 0. The first-order chi connectivity index (χ1) is 7.75. The van der Waals surface area contributed by atoms with Crippen molar-refractivity contribution < 1.29 is 9.53 Å². The number of hydrogen-bond acceptors (Lipinski definition) is 3.